The number of anilines is 1. The Morgan fingerprint density at radius 1 is 1.20 bits per heavy atom. The second kappa shape index (κ2) is 5.51. The predicted molar refractivity (Wildman–Crippen MR) is 63.1 cm³/mol. The van der Waals surface area contributed by atoms with Crippen molar-refractivity contribution in [1.29, 1.82) is 0 Å². The summed E-state index contributed by atoms with van der Waals surface area (Å²) >= 11 is 0. The summed E-state index contributed by atoms with van der Waals surface area (Å²) in [5, 5.41) is 5.83. The molecule has 0 aliphatic rings. The number of nitrogens with one attached hydrogen (secondary N) is 2. The molecule has 1 aromatic rings. The first-order valence-corrected chi connectivity index (χ1v) is 5.14. The van der Waals surface area contributed by atoms with Crippen LogP contribution in [-0.2, 0) is 4.79 Å². The summed E-state index contributed by atoms with van der Waals surface area (Å²) in [6.07, 6.45) is 0.503. The van der Waals surface area contributed by atoms with Gasteiger partial charge in [-0.25, -0.2) is 0 Å². The molecule has 1 rings (SSSR count). The molecule has 0 heterocycles. The summed E-state index contributed by atoms with van der Waals surface area (Å²) in [6, 6.07) is 6.04. The van der Waals surface area contributed by atoms with Crippen molar-refractivity contribution in [2.75, 3.05) is 18.9 Å². The molecule has 0 bridgehead atoms. The Kier molecular flexibility index (Phi) is 4.31. The molecule has 2 N–H and O–H groups in total. The van der Waals surface area contributed by atoms with Crippen LogP contribution in [0.5, 0.6) is 0 Å². The summed E-state index contributed by atoms with van der Waals surface area (Å²) < 4.78 is 0. The van der Waals surface area contributed by atoms with Crippen LogP contribution in [0.1, 0.15) is 17.5 Å². The standard InChI is InChI=1S/C12H18N2O/c1-9-6-10(2)8-11(7-9)14-12(15)4-5-13-3/h6-8,13H,4-5H2,1-3H3,(H,14,15). The highest BCUT2D eigenvalue weighted by molar-refractivity contribution is 5.91. The minimum Gasteiger partial charge on any atom is -0.326 e. The molecule has 1 aromatic carbocycles. The topological polar surface area (TPSA) is 41.1 Å². The Hall–Kier alpha value is -1.35. The average molecular weight is 206 g/mol. The Labute approximate surface area is 90.9 Å². The molecule has 82 valence electrons. The van der Waals surface area contributed by atoms with Crippen molar-refractivity contribution in [1.82, 2.24) is 5.32 Å². The smallest absolute Gasteiger partial charge is 0.225 e. The monoisotopic (exact) mass is 206 g/mol. The van der Waals surface area contributed by atoms with E-state index in [4.69, 9.17) is 0 Å². The van der Waals surface area contributed by atoms with Crippen LogP contribution in [0.3, 0.4) is 0 Å². The van der Waals surface area contributed by atoms with Gasteiger partial charge in [-0.2, -0.15) is 0 Å². The zero-order valence-corrected chi connectivity index (χ0v) is 9.55. The quantitative estimate of drug-likeness (QED) is 0.789. The van der Waals surface area contributed by atoms with Crippen molar-refractivity contribution in [2.45, 2.75) is 20.3 Å². The first-order chi connectivity index (χ1) is 7.11. The third-order valence-corrected chi connectivity index (χ3v) is 2.11. The molecule has 0 aliphatic heterocycles. The van der Waals surface area contributed by atoms with Gasteiger partial charge in [-0.05, 0) is 44.2 Å². The van der Waals surface area contributed by atoms with E-state index >= 15 is 0 Å². The second-order valence-electron chi connectivity index (χ2n) is 3.78. The number of hydrogen-bond donors (Lipinski definition) is 2. The molecule has 0 saturated carbocycles. The van der Waals surface area contributed by atoms with Crippen LogP contribution in [0.25, 0.3) is 0 Å². The summed E-state index contributed by atoms with van der Waals surface area (Å²) in [5.74, 6) is 0.0503. The number of hydrogen-bond acceptors (Lipinski definition) is 2. The van der Waals surface area contributed by atoms with Crippen LogP contribution in [0.4, 0.5) is 5.69 Å². The molecule has 0 aromatic heterocycles. The van der Waals surface area contributed by atoms with E-state index in [0.717, 1.165) is 5.69 Å². The highest BCUT2D eigenvalue weighted by Gasteiger charge is 2.01. The van der Waals surface area contributed by atoms with Gasteiger partial charge in [0.2, 0.25) is 5.91 Å². The zero-order chi connectivity index (χ0) is 11.3. The lowest BCUT2D eigenvalue weighted by Crippen LogP contribution is -2.18. The van der Waals surface area contributed by atoms with Gasteiger partial charge in [-0.1, -0.05) is 6.07 Å². The van der Waals surface area contributed by atoms with Crippen molar-refractivity contribution in [2.24, 2.45) is 0 Å². The molecule has 0 radical (unpaired) electrons. The number of rotatable bonds is 4. The van der Waals surface area contributed by atoms with Gasteiger partial charge in [-0.15, -0.1) is 0 Å². The summed E-state index contributed by atoms with van der Waals surface area (Å²) in [5.41, 5.74) is 3.21. The average Bonchev–Trinajstić information content (AvgIpc) is 2.13. The predicted octanol–water partition coefficient (Wildman–Crippen LogP) is 1.85. The second-order valence-corrected chi connectivity index (χ2v) is 3.78. The van der Waals surface area contributed by atoms with Crippen LogP contribution in [0.2, 0.25) is 0 Å². The molecule has 3 heteroatoms. The Morgan fingerprint density at radius 3 is 2.33 bits per heavy atom. The van der Waals surface area contributed by atoms with E-state index in [1.54, 1.807) is 0 Å². The summed E-state index contributed by atoms with van der Waals surface area (Å²) in [7, 11) is 1.84. The molecule has 0 saturated heterocycles. The van der Waals surface area contributed by atoms with Gasteiger partial charge in [0.1, 0.15) is 0 Å². The van der Waals surface area contributed by atoms with E-state index in [2.05, 4.69) is 16.7 Å². The fourth-order valence-corrected chi connectivity index (χ4v) is 1.51. The van der Waals surface area contributed by atoms with Gasteiger partial charge in [0.05, 0.1) is 0 Å². The first-order valence-electron chi connectivity index (χ1n) is 5.14. The number of benzene rings is 1. The maximum Gasteiger partial charge on any atom is 0.225 e. The van der Waals surface area contributed by atoms with E-state index in [-0.39, 0.29) is 5.91 Å². The highest BCUT2D eigenvalue weighted by atomic mass is 16.1. The molecule has 0 aliphatic carbocycles. The highest BCUT2D eigenvalue weighted by Crippen LogP contribution is 2.13. The van der Waals surface area contributed by atoms with Crippen LogP contribution >= 0.6 is 0 Å². The molecular formula is C12H18N2O. The SMILES string of the molecule is CNCCC(=O)Nc1cc(C)cc(C)c1. The van der Waals surface area contributed by atoms with Crippen molar-refractivity contribution in [3.63, 3.8) is 0 Å². The lowest BCUT2D eigenvalue weighted by atomic mass is 10.1. The lowest BCUT2D eigenvalue weighted by Gasteiger charge is -2.07. The van der Waals surface area contributed by atoms with E-state index in [9.17, 15) is 4.79 Å². The summed E-state index contributed by atoms with van der Waals surface area (Å²) in [6.45, 7) is 4.75. The minimum absolute atomic E-state index is 0.0503. The van der Waals surface area contributed by atoms with Gasteiger partial charge in [0.25, 0.3) is 0 Å². The Bertz CT molecular complexity index is 327. The molecule has 0 atom stereocenters. The maximum absolute atomic E-state index is 11.4. The summed E-state index contributed by atoms with van der Waals surface area (Å²) in [4.78, 5) is 11.4. The van der Waals surface area contributed by atoms with E-state index in [1.165, 1.54) is 11.1 Å². The first kappa shape index (κ1) is 11.7. The van der Waals surface area contributed by atoms with Crippen molar-refractivity contribution < 1.29 is 4.79 Å². The number of aryl methyl sites for hydroxylation is 2. The number of amides is 1. The fraction of sp³-hybridized carbons (Fsp3) is 0.417. The number of carbonyl (C=O) groups is 1. The van der Waals surface area contributed by atoms with Gasteiger partial charge >= 0.3 is 0 Å². The van der Waals surface area contributed by atoms with E-state index in [0.29, 0.717) is 13.0 Å². The molecule has 0 fully saturated rings. The van der Waals surface area contributed by atoms with Crippen LogP contribution in [-0.4, -0.2) is 19.5 Å². The van der Waals surface area contributed by atoms with Crippen LogP contribution in [0, 0.1) is 13.8 Å². The van der Waals surface area contributed by atoms with E-state index < -0.39 is 0 Å². The van der Waals surface area contributed by atoms with Crippen molar-refractivity contribution >= 4 is 11.6 Å². The van der Waals surface area contributed by atoms with Gasteiger partial charge in [0, 0.05) is 18.7 Å². The molecule has 1 amide bonds. The Morgan fingerprint density at radius 2 is 1.80 bits per heavy atom. The van der Waals surface area contributed by atoms with Gasteiger partial charge < -0.3 is 10.6 Å². The maximum atomic E-state index is 11.4. The minimum atomic E-state index is 0.0503. The van der Waals surface area contributed by atoms with Crippen molar-refractivity contribution in [3.8, 4) is 0 Å². The lowest BCUT2D eigenvalue weighted by molar-refractivity contribution is -0.116. The van der Waals surface area contributed by atoms with Gasteiger partial charge in [-0.3, -0.25) is 4.79 Å². The number of carbonyl (C=O) groups excluding carboxylic acids is 1. The third-order valence-electron chi connectivity index (χ3n) is 2.11. The third kappa shape index (κ3) is 4.13. The molecular weight excluding hydrogens is 188 g/mol. The fourth-order valence-electron chi connectivity index (χ4n) is 1.51. The van der Waals surface area contributed by atoms with Gasteiger partial charge in [0.15, 0.2) is 0 Å². The molecule has 15 heavy (non-hydrogen) atoms. The normalized spacial score (nSPS) is 10.1. The molecule has 0 spiro atoms. The molecule has 0 unspecified atom stereocenters. The Balaban J connectivity index is 2.60. The van der Waals surface area contributed by atoms with Crippen molar-refractivity contribution in [3.05, 3.63) is 29.3 Å². The largest absolute Gasteiger partial charge is 0.326 e. The van der Waals surface area contributed by atoms with Crippen LogP contribution < -0.4 is 10.6 Å². The van der Waals surface area contributed by atoms with Crippen LogP contribution in [0.15, 0.2) is 18.2 Å². The molecule has 3 nitrogen and oxygen atoms in total. The van der Waals surface area contributed by atoms with E-state index in [1.807, 2.05) is 33.0 Å². The zero-order valence-electron chi connectivity index (χ0n) is 9.55.